The molecule has 1 N–H and O–H groups in total. The van der Waals surface area contributed by atoms with Crippen molar-refractivity contribution in [2.45, 2.75) is 13.8 Å². The molecule has 0 bridgehead atoms. The summed E-state index contributed by atoms with van der Waals surface area (Å²) in [5, 5.41) is 3.31. The van der Waals surface area contributed by atoms with E-state index in [0.717, 1.165) is 0 Å². The van der Waals surface area contributed by atoms with Gasteiger partial charge in [0.25, 0.3) is 11.8 Å². The number of hydrogen-bond donors (Lipinski definition) is 1. The van der Waals surface area contributed by atoms with E-state index in [1.807, 2.05) is 13.8 Å². The molecule has 2 rings (SSSR count). The first-order valence-electron chi connectivity index (χ1n) is 8.21. The SMILES string of the molecule is CCN(CC)C(=O)c1cccc(NC(=O)COc2ccc(Cl)cc2Br)c1. The van der Waals surface area contributed by atoms with E-state index >= 15 is 0 Å². The molecule has 0 spiro atoms. The van der Waals surface area contributed by atoms with Gasteiger partial charge in [0.05, 0.1) is 4.47 Å². The van der Waals surface area contributed by atoms with Gasteiger partial charge in [-0.15, -0.1) is 0 Å². The number of nitrogens with zero attached hydrogens (tertiary/aromatic N) is 1. The second kappa shape index (κ2) is 9.59. The van der Waals surface area contributed by atoms with Gasteiger partial charge in [0.2, 0.25) is 0 Å². The first-order chi connectivity index (χ1) is 12.4. The highest BCUT2D eigenvalue weighted by atomic mass is 79.9. The van der Waals surface area contributed by atoms with Crippen molar-refractivity contribution in [3.8, 4) is 5.75 Å². The molecule has 26 heavy (non-hydrogen) atoms. The van der Waals surface area contributed by atoms with E-state index in [0.29, 0.717) is 39.6 Å². The van der Waals surface area contributed by atoms with Crippen LogP contribution in [0.25, 0.3) is 0 Å². The molecule has 2 aromatic carbocycles. The number of benzene rings is 2. The van der Waals surface area contributed by atoms with Crippen molar-refractivity contribution in [3.63, 3.8) is 0 Å². The lowest BCUT2D eigenvalue weighted by atomic mass is 10.1. The Labute approximate surface area is 166 Å². The van der Waals surface area contributed by atoms with E-state index < -0.39 is 0 Å². The van der Waals surface area contributed by atoms with Gasteiger partial charge in [0.1, 0.15) is 5.75 Å². The molecule has 0 fully saturated rings. The molecule has 0 unspecified atom stereocenters. The zero-order valence-electron chi connectivity index (χ0n) is 14.6. The van der Waals surface area contributed by atoms with Gasteiger partial charge in [0.15, 0.2) is 6.61 Å². The summed E-state index contributed by atoms with van der Waals surface area (Å²) < 4.78 is 6.15. The molecule has 0 aromatic heterocycles. The molecule has 0 aliphatic rings. The average Bonchev–Trinajstić information content (AvgIpc) is 2.62. The summed E-state index contributed by atoms with van der Waals surface area (Å²) in [7, 11) is 0. The Hall–Kier alpha value is -2.05. The molecule has 138 valence electrons. The van der Waals surface area contributed by atoms with Crippen molar-refractivity contribution in [2.75, 3.05) is 25.0 Å². The predicted molar refractivity (Wildman–Crippen MR) is 107 cm³/mol. The molecule has 0 aliphatic heterocycles. The highest BCUT2D eigenvalue weighted by molar-refractivity contribution is 9.10. The topological polar surface area (TPSA) is 58.6 Å². The zero-order valence-corrected chi connectivity index (χ0v) is 16.9. The molecule has 0 saturated carbocycles. The predicted octanol–water partition coefficient (Wildman–Crippen LogP) is 4.60. The molecule has 5 nitrogen and oxygen atoms in total. The maximum atomic E-state index is 12.4. The summed E-state index contributed by atoms with van der Waals surface area (Å²) in [4.78, 5) is 26.2. The number of ether oxygens (including phenoxy) is 1. The largest absolute Gasteiger partial charge is 0.483 e. The molecular weight excluding hydrogens is 420 g/mol. The lowest BCUT2D eigenvalue weighted by molar-refractivity contribution is -0.118. The molecule has 0 radical (unpaired) electrons. The van der Waals surface area contributed by atoms with Crippen molar-refractivity contribution in [1.82, 2.24) is 4.90 Å². The Bertz CT molecular complexity index is 794. The van der Waals surface area contributed by atoms with Gasteiger partial charge in [-0.05, 0) is 66.2 Å². The standard InChI is InChI=1S/C19H20BrClN2O3/c1-3-23(4-2)19(25)13-6-5-7-15(10-13)22-18(24)12-26-17-9-8-14(21)11-16(17)20/h5-11H,3-4,12H2,1-2H3,(H,22,24). The molecular formula is C19H20BrClN2O3. The molecule has 0 atom stereocenters. The van der Waals surface area contributed by atoms with Gasteiger partial charge < -0.3 is 15.0 Å². The second-order valence-corrected chi connectivity index (χ2v) is 6.76. The highest BCUT2D eigenvalue weighted by Gasteiger charge is 2.13. The fraction of sp³-hybridized carbons (Fsp3) is 0.263. The van der Waals surface area contributed by atoms with Crippen LogP contribution >= 0.6 is 27.5 Å². The zero-order chi connectivity index (χ0) is 19.1. The molecule has 2 aromatic rings. The fourth-order valence-electron chi connectivity index (χ4n) is 2.36. The lowest BCUT2D eigenvalue weighted by Crippen LogP contribution is -2.30. The summed E-state index contributed by atoms with van der Waals surface area (Å²) in [6.07, 6.45) is 0. The number of rotatable bonds is 7. The Balaban J connectivity index is 1.98. The summed E-state index contributed by atoms with van der Waals surface area (Å²) in [6.45, 7) is 4.97. The third kappa shape index (κ3) is 5.47. The third-order valence-electron chi connectivity index (χ3n) is 3.70. The van der Waals surface area contributed by atoms with E-state index in [9.17, 15) is 9.59 Å². The minimum Gasteiger partial charge on any atom is -0.483 e. The van der Waals surface area contributed by atoms with Crippen LogP contribution in [0.2, 0.25) is 5.02 Å². The van der Waals surface area contributed by atoms with E-state index in [-0.39, 0.29) is 18.4 Å². The number of carbonyl (C=O) groups excluding carboxylic acids is 2. The number of carbonyl (C=O) groups is 2. The molecule has 7 heteroatoms. The van der Waals surface area contributed by atoms with Gasteiger partial charge >= 0.3 is 0 Å². The van der Waals surface area contributed by atoms with Gasteiger partial charge in [-0.3, -0.25) is 9.59 Å². The minimum absolute atomic E-state index is 0.0626. The number of halogens is 2. The molecule has 0 heterocycles. The minimum atomic E-state index is -0.320. The van der Waals surface area contributed by atoms with Crippen LogP contribution in [0.5, 0.6) is 5.75 Å². The monoisotopic (exact) mass is 438 g/mol. The van der Waals surface area contributed by atoms with Crippen molar-refractivity contribution in [1.29, 1.82) is 0 Å². The summed E-state index contributed by atoms with van der Waals surface area (Å²) in [6, 6.07) is 11.9. The van der Waals surface area contributed by atoms with E-state index in [1.54, 1.807) is 47.4 Å². The van der Waals surface area contributed by atoms with Crippen LogP contribution in [0, 0.1) is 0 Å². The average molecular weight is 440 g/mol. The molecule has 2 amide bonds. The van der Waals surface area contributed by atoms with Crippen LogP contribution < -0.4 is 10.1 Å². The van der Waals surface area contributed by atoms with E-state index in [1.165, 1.54) is 0 Å². The number of nitrogens with one attached hydrogen (secondary N) is 1. The lowest BCUT2D eigenvalue weighted by Gasteiger charge is -2.19. The van der Waals surface area contributed by atoms with Crippen LogP contribution in [-0.2, 0) is 4.79 Å². The summed E-state index contributed by atoms with van der Waals surface area (Å²) in [5.74, 6) is 0.141. The van der Waals surface area contributed by atoms with Gasteiger partial charge in [0, 0.05) is 29.4 Å². The van der Waals surface area contributed by atoms with Crippen LogP contribution in [0.15, 0.2) is 46.9 Å². The third-order valence-corrected chi connectivity index (χ3v) is 4.55. The van der Waals surface area contributed by atoms with Gasteiger partial charge in [-0.1, -0.05) is 17.7 Å². The highest BCUT2D eigenvalue weighted by Crippen LogP contribution is 2.27. The summed E-state index contributed by atoms with van der Waals surface area (Å²) in [5.41, 5.74) is 1.08. The Kier molecular flexibility index (Phi) is 7.48. The Morgan fingerprint density at radius 2 is 1.88 bits per heavy atom. The maximum Gasteiger partial charge on any atom is 0.262 e. The van der Waals surface area contributed by atoms with Gasteiger partial charge in [-0.25, -0.2) is 0 Å². The van der Waals surface area contributed by atoms with Crippen molar-refractivity contribution >= 4 is 45.0 Å². The smallest absolute Gasteiger partial charge is 0.262 e. The molecule has 0 aliphatic carbocycles. The Morgan fingerprint density at radius 1 is 1.15 bits per heavy atom. The van der Waals surface area contributed by atoms with Gasteiger partial charge in [-0.2, -0.15) is 0 Å². The van der Waals surface area contributed by atoms with Crippen LogP contribution in [-0.4, -0.2) is 36.4 Å². The fourth-order valence-corrected chi connectivity index (χ4v) is 3.15. The normalized spacial score (nSPS) is 10.3. The van der Waals surface area contributed by atoms with Crippen molar-refractivity contribution in [2.24, 2.45) is 0 Å². The Morgan fingerprint density at radius 3 is 2.54 bits per heavy atom. The van der Waals surface area contributed by atoms with E-state index in [2.05, 4.69) is 21.2 Å². The van der Waals surface area contributed by atoms with Crippen LogP contribution in [0.3, 0.4) is 0 Å². The summed E-state index contributed by atoms with van der Waals surface area (Å²) >= 11 is 9.21. The molecule has 0 saturated heterocycles. The number of amides is 2. The first-order valence-corrected chi connectivity index (χ1v) is 9.38. The quantitative estimate of drug-likeness (QED) is 0.686. The second-order valence-electron chi connectivity index (χ2n) is 5.47. The maximum absolute atomic E-state index is 12.4. The number of hydrogen-bond acceptors (Lipinski definition) is 3. The first kappa shape index (κ1) is 20.3. The van der Waals surface area contributed by atoms with Crippen molar-refractivity contribution < 1.29 is 14.3 Å². The van der Waals surface area contributed by atoms with Crippen molar-refractivity contribution in [3.05, 3.63) is 57.5 Å². The van der Waals surface area contributed by atoms with E-state index in [4.69, 9.17) is 16.3 Å². The van der Waals surface area contributed by atoms with Crippen LogP contribution in [0.4, 0.5) is 5.69 Å². The van der Waals surface area contributed by atoms with Crippen LogP contribution in [0.1, 0.15) is 24.2 Å². The number of anilines is 1.